The number of hydrogen-bond donors (Lipinski definition) is 1. The van der Waals surface area contributed by atoms with Crippen molar-refractivity contribution in [1.82, 2.24) is 15.0 Å². The molecule has 2 rings (SSSR count). The van der Waals surface area contributed by atoms with E-state index < -0.39 is 0 Å². The number of anilines is 1. The quantitative estimate of drug-likeness (QED) is 0.836. The molecular formula is C12H15IN4S. The van der Waals surface area contributed by atoms with Gasteiger partial charge in [0.05, 0.1) is 26.4 Å². The minimum atomic E-state index is 0.697. The summed E-state index contributed by atoms with van der Waals surface area (Å²) in [6.45, 7) is 4.13. The molecule has 2 aromatic heterocycles. The lowest BCUT2D eigenvalue weighted by Crippen LogP contribution is -2.07. The van der Waals surface area contributed by atoms with E-state index in [1.54, 1.807) is 11.3 Å². The Morgan fingerprint density at radius 3 is 2.67 bits per heavy atom. The van der Waals surface area contributed by atoms with Crippen LogP contribution in [0.3, 0.4) is 0 Å². The number of thiazole rings is 1. The van der Waals surface area contributed by atoms with Gasteiger partial charge in [-0.15, -0.1) is 11.3 Å². The third kappa shape index (κ3) is 2.97. The number of aromatic nitrogens is 3. The molecule has 0 atom stereocenters. The van der Waals surface area contributed by atoms with Crippen molar-refractivity contribution in [2.45, 2.75) is 26.7 Å². The Morgan fingerprint density at radius 1 is 1.33 bits per heavy atom. The van der Waals surface area contributed by atoms with Crippen LogP contribution in [-0.2, 0) is 12.8 Å². The first-order valence-corrected chi connectivity index (χ1v) is 7.74. The summed E-state index contributed by atoms with van der Waals surface area (Å²) in [4.78, 5) is 13.6. The third-order valence-electron chi connectivity index (χ3n) is 2.54. The van der Waals surface area contributed by atoms with Gasteiger partial charge in [0.2, 0.25) is 0 Å². The highest BCUT2D eigenvalue weighted by Gasteiger charge is 2.11. The van der Waals surface area contributed by atoms with Gasteiger partial charge < -0.3 is 5.32 Å². The summed E-state index contributed by atoms with van der Waals surface area (Å²) in [6.07, 6.45) is 1.61. The zero-order valence-electron chi connectivity index (χ0n) is 10.6. The number of nitrogens with zero attached hydrogens (tertiary/aromatic N) is 3. The number of halogens is 1. The van der Waals surface area contributed by atoms with E-state index in [2.05, 4.69) is 55.2 Å². The van der Waals surface area contributed by atoms with Gasteiger partial charge in [0.25, 0.3) is 0 Å². The summed E-state index contributed by atoms with van der Waals surface area (Å²) in [6, 6.07) is 0. The predicted octanol–water partition coefficient (Wildman–Crippen LogP) is 3.04. The highest BCUT2D eigenvalue weighted by molar-refractivity contribution is 14.1. The Bertz CT molecular complexity index is 528. The molecule has 0 spiro atoms. The Hall–Kier alpha value is -0.760. The SMILES string of the molecule is CCc1nc(Cc2csc(C)n2)nc(NC)c1I. The van der Waals surface area contributed by atoms with Crippen LogP contribution in [0.1, 0.15) is 29.1 Å². The Labute approximate surface area is 124 Å². The highest BCUT2D eigenvalue weighted by atomic mass is 127. The monoisotopic (exact) mass is 374 g/mol. The number of hydrogen-bond acceptors (Lipinski definition) is 5. The molecule has 96 valence electrons. The summed E-state index contributed by atoms with van der Waals surface area (Å²) in [5.74, 6) is 1.74. The zero-order chi connectivity index (χ0) is 13.1. The average molecular weight is 374 g/mol. The predicted molar refractivity (Wildman–Crippen MR) is 83.3 cm³/mol. The average Bonchev–Trinajstić information content (AvgIpc) is 2.76. The van der Waals surface area contributed by atoms with Gasteiger partial charge in [-0.05, 0) is 35.9 Å². The lowest BCUT2D eigenvalue weighted by Gasteiger charge is -2.09. The van der Waals surface area contributed by atoms with Gasteiger partial charge in [0.15, 0.2) is 0 Å². The van der Waals surface area contributed by atoms with Crippen molar-refractivity contribution in [3.8, 4) is 0 Å². The van der Waals surface area contributed by atoms with E-state index in [9.17, 15) is 0 Å². The molecular weight excluding hydrogens is 359 g/mol. The Kier molecular flexibility index (Phi) is 4.50. The van der Waals surface area contributed by atoms with E-state index in [4.69, 9.17) is 0 Å². The van der Waals surface area contributed by atoms with Crippen LogP contribution < -0.4 is 5.32 Å². The number of nitrogens with one attached hydrogen (secondary N) is 1. The minimum Gasteiger partial charge on any atom is -0.372 e. The molecule has 0 unspecified atom stereocenters. The minimum absolute atomic E-state index is 0.697. The van der Waals surface area contributed by atoms with Crippen molar-refractivity contribution >= 4 is 39.7 Å². The van der Waals surface area contributed by atoms with Gasteiger partial charge in [-0.2, -0.15) is 0 Å². The fourth-order valence-electron chi connectivity index (χ4n) is 1.68. The maximum absolute atomic E-state index is 4.61. The topological polar surface area (TPSA) is 50.7 Å². The number of rotatable bonds is 4. The molecule has 18 heavy (non-hydrogen) atoms. The summed E-state index contributed by atoms with van der Waals surface area (Å²) >= 11 is 3.95. The first-order valence-electron chi connectivity index (χ1n) is 5.78. The van der Waals surface area contributed by atoms with E-state index in [1.807, 2.05) is 14.0 Å². The van der Waals surface area contributed by atoms with Crippen molar-refractivity contribution in [1.29, 1.82) is 0 Å². The molecule has 0 radical (unpaired) electrons. The van der Waals surface area contributed by atoms with Crippen LogP contribution in [0.2, 0.25) is 0 Å². The lowest BCUT2D eigenvalue weighted by molar-refractivity contribution is 0.884. The van der Waals surface area contributed by atoms with E-state index in [1.165, 1.54) is 0 Å². The molecule has 0 bridgehead atoms. The van der Waals surface area contributed by atoms with Crippen molar-refractivity contribution < 1.29 is 0 Å². The van der Waals surface area contributed by atoms with Gasteiger partial charge in [-0.25, -0.2) is 15.0 Å². The molecule has 0 aromatic carbocycles. The molecule has 4 nitrogen and oxygen atoms in total. The first-order chi connectivity index (χ1) is 8.63. The molecule has 6 heteroatoms. The second-order valence-corrected chi connectivity index (χ2v) is 6.03. The van der Waals surface area contributed by atoms with Crippen LogP contribution in [0.25, 0.3) is 0 Å². The van der Waals surface area contributed by atoms with E-state index >= 15 is 0 Å². The Balaban J connectivity index is 2.33. The normalized spacial score (nSPS) is 10.7. The second-order valence-electron chi connectivity index (χ2n) is 3.89. The molecule has 0 aliphatic heterocycles. The summed E-state index contributed by atoms with van der Waals surface area (Å²) < 4.78 is 1.11. The Morgan fingerprint density at radius 2 is 2.11 bits per heavy atom. The molecule has 0 amide bonds. The van der Waals surface area contributed by atoms with Gasteiger partial charge in [0.1, 0.15) is 11.6 Å². The van der Waals surface area contributed by atoms with Crippen LogP contribution in [0.15, 0.2) is 5.38 Å². The van der Waals surface area contributed by atoms with Crippen LogP contribution >= 0.6 is 33.9 Å². The first kappa shape index (κ1) is 13.7. The van der Waals surface area contributed by atoms with Crippen LogP contribution in [0.5, 0.6) is 0 Å². The summed E-state index contributed by atoms with van der Waals surface area (Å²) in [7, 11) is 1.89. The molecule has 1 N–H and O–H groups in total. The molecule has 0 fully saturated rings. The third-order valence-corrected chi connectivity index (χ3v) is 4.50. The van der Waals surface area contributed by atoms with Gasteiger partial charge in [-0.3, -0.25) is 0 Å². The van der Waals surface area contributed by atoms with Gasteiger partial charge >= 0.3 is 0 Å². The maximum Gasteiger partial charge on any atom is 0.143 e. The van der Waals surface area contributed by atoms with Crippen molar-refractivity contribution in [3.05, 3.63) is 31.2 Å². The van der Waals surface area contributed by atoms with Crippen molar-refractivity contribution in [2.24, 2.45) is 0 Å². The number of aryl methyl sites for hydroxylation is 2. The fourth-order valence-corrected chi connectivity index (χ4v) is 3.18. The smallest absolute Gasteiger partial charge is 0.143 e. The van der Waals surface area contributed by atoms with Crippen LogP contribution in [0.4, 0.5) is 5.82 Å². The zero-order valence-corrected chi connectivity index (χ0v) is 13.6. The standard InChI is InChI=1S/C12H15IN4S/c1-4-9-11(13)12(14-3)17-10(16-9)5-8-6-18-7(2)15-8/h6H,4-5H2,1-3H3,(H,14,16,17). The second kappa shape index (κ2) is 5.92. The van der Waals surface area contributed by atoms with E-state index in [0.29, 0.717) is 6.42 Å². The van der Waals surface area contributed by atoms with E-state index in [0.717, 1.165) is 38.0 Å². The fraction of sp³-hybridized carbons (Fsp3) is 0.417. The molecule has 0 aliphatic carbocycles. The summed E-state index contributed by atoms with van der Waals surface area (Å²) in [5, 5.41) is 6.28. The van der Waals surface area contributed by atoms with Gasteiger partial charge in [0, 0.05) is 12.4 Å². The van der Waals surface area contributed by atoms with E-state index in [-0.39, 0.29) is 0 Å². The molecule has 2 heterocycles. The van der Waals surface area contributed by atoms with Crippen LogP contribution in [-0.4, -0.2) is 22.0 Å². The largest absolute Gasteiger partial charge is 0.372 e. The summed E-state index contributed by atoms with van der Waals surface area (Å²) in [5.41, 5.74) is 2.14. The molecule has 0 saturated heterocycles. The van der Waals surface area contributed by atoms with Crippen molar-refractivity contribution in [2.75, 3.05) is 12.4 Å². The van der Waals surface area contributed by atoms with Crippen LogP contribution in [0, 0.1) is 10.5 Å². The van der Waals surface area contributed by atoms with Gasteiger partial charge in [-0.1, -0.05) is 6.92 Å². The molecule has 2 aromatic rings. The molecule has 0 aliphatic rings. The lowest BCUT2D eigenvalue weighted by atomic mass is 10.2. The maximum atomic E-state index is 4.61. The highest BCUT2D eigenvalue weighted by Crippen LogP contribution is 2.20. The van der Waals surface area contributed by atoms with Crippen molar-refractivity contribution in [3.63, 3.8) is 0 Å². The molecule has 0 saturated carbocycles.